The molecule has 0 spiro atoms. The van der Waals surface area contributed by atoms with Gasteiger partial charge in [0.1, 0.15) is 24.2 Å². The summed E-state index contributed by atoms with van der Waals surface area (Å²) in [6, 6.07) is 11.9. The van der Waals surface area contributed by atoms with Crippen molar-refractivity contribution in [2.75, 3.05) is 26.2 Å². The van der Waals surface area contributed by atoms with Gasteiger partial charge in [-0.15, -0.1) is 0 Å². The zero-order chi connectivity index (χ0) is 32.6. The number of carbonyl (C=O) groups excluding carboxylic acids is 4. The SMILES string of the molecule is CC(C)C[C@H]1NC(=O)[C@H]2CCCN2C(=O)[C@H](Cc2ccccc2)NC(=O)CN(Cc2ccccn2)C[C@H]2OCC[C@H](NC1=O)[C@@H]2O. The van der Waals surface area contributed by atoms with E-state index in [1.54, 1.807) is 11.1 Å². The number of aromatic nitrogens is 1. The van der Waals surface area contributed by atoms with Crippen molar-refractivity contribution in [3.05, 3.63) is 66.0 Å². The molecule has 0 unspecified atom stereocenters. The number of fused-ring (bicyclic) bond motifs is 3. The third kappa shape index (κ3) is 8.68. The monoisotopic (exact) mass is 634 g/mol. The Morgan fingerprint density at radius 1 is 0.957 bits per heavy atom. The first-order valence-corrected chi connectivity index (χ1v) is 16.3. The Bertz CT molecular complexity index is 1340. The zero-order valence-corrected chi connectivity index (χ0v) is 26.6. The summed E-state index contributed by atoms with van der Waals surface area (Å²) < 4.78 is 5.97. The molecule has 3 saturated heterocycles. The van der Waals surface area contributed by atoms with Gasteiger partial charge in [-0.05, 0) is 49.3 Å². The van der Waals surface area contributed by atoms with Crippen LogP contribution in [0.2, 0.25) is 0 Å². The van der Waals surface area contributed by atoms with E-state index in [-0.39, 0.29) is 43.1 Å². The maximum absolute atomic E-state index is 14.1. The van der Waals surface area contributed by atoms with E-state index in [2.05, 4.69) is 20.9 Å². The molecule has 0 saturated carbocycles. The zero-order valence-electron chi connectivity index (χ0n) is 26.6. The maximum atomic E-state index is 14.1. The van der Waals surface area contributed by atoms with Crippen molar-refractivity contribution in [2.45, 2.75) is 88.9 Å². The minimum absolute atomic E-state index is 0.0842. The first-order chi connectivity index (χ1) is 22.2. The van der Waals surface area contributed by atoms with Gasteiger partial charge in [0.2, 0.25) is 23.6 Å². The van der Waals surface area contributed by atoms with Crippen LogP contribution in [0.25, 0.3) is 0 Å². The predicted molar refractivity (Wildman–Crippen MR) is 170 cm³/mol. The van der Waals surface area contributed by atoms with Gasteiger partial charge >= 0.3 is 0 Å². The van der Waals surface area contributed by atoms with E-state index in [4.69, 9.17) is 4.74 Å². The quantitative estimate of drug-likeness (QED) is 0.364. The van der Waals surface area contributed by atoms with Crippen molar-refractivity contribution in [2.24, 2.45) is 5.92 Å². The van der Waals surface area contributed by atoms with Crippen LogP contribution >= 0.6 is 0 Å². The van der Waals surface area contributed by atoms with E-state index in [0.29, 0.717) is 45.4 Å². The van der Waals surface area contributed by atoms with E-state index in [9.17, 15) is 24.3 Å². The van der Waals surface area contributed by atoms with Gasteiger partial charge in [0, 0.05) is 38.9 Å². The van der Waals surface area contributed by atoms with Crippen LogP contribution in [0.1, 0.15) is 50.8 Å². The molecule has 4 amide bonds. The molecule has 0 aliphatic carbocycles. The molecule has 12 nitrogen and oxygen atoms in total. The summed E-state index contributed by atoms with van der Waals surface area (Å²) in [5.74, 6) is -1.38. The van der Waals surface area contributed by atoms with Crippen LogP contribution in [-0.4, -0.2) is 106 Å². The molecular formula is C34H46N6O6. The van der Waals surface area contributed by atoms with Crippen LogP contribution in [-0.2, 0) is 36.9 Å². The Kier molecular flexibility index (Phi) is 11.4. The number of nitrogens with one attached hydrogen (secondary N) is 3. The van der Waals surface area contributed by atoms with E-state index in [0.717, 1.165) is 11.3 Å². The van der Waals surface area contributed by atoms with Crippen molar-refractivity contribution in [3.63, 3.8) is 0 Å². The highest BCUT2D eigenvalue weighted by Crippen LogP contribution is 2.22. The summed E-state index contributed by atoms with van der Waals surface area (Å²) in [6.07, 6.45) is 2.07. The Morgan fingerprint density at radius 2 is 1.74 bits per heavy atom. The molecule has 1 aromatic heterocycles. The average Bonchev–Trinajstić information content (AvgIpc) is 3.53. The molecule has 3 aliphatic rings. The van der Waals surface area contributed by atoms with Gasteiger partial charge in [0.25, 0.3) is 0 Å². The molecule has 12 heteroatoms. The number of carbonyl (C=O) groups is 4. The Balaban J connectivity index is 1.48. The van der Waals surface area contributed by atoms with Gasteiger partial charge in [-0.25, -0.2) is 0 Å². The maximum Gasteiger partial charge on any atom is 0.246 e. The van der Waals surface area contributed by atoms with Crippen LogP contribution in [0.15, 0.2) is 54.7 Å². The van der Waals surface area contributed by atoms with Crippen LogP contribution in [0.4, 0.5) is 0 Å². The Hall–Kier alpha value is -3.87. The van der Waals surface area contributed by atoms with Gasteiger partial charge in [-0.3, -0.25) is 29.1 Å². The minimum Gasteiger partial charge on any atom is -0.388 e. The number of amides is 4. The lowest BCUT2D eigenvalue weighted by atomic mass is 9.97. The highest BCUT2D eigenvalue weighted by atomic mass is 16.5. The Morgan fingerprint density at radius 3 is 2.48 bits per heavy atom. The third-order valence-electron chi connectivity index (χ3n) is 8.89. The van der Waals surface area contributed by atoms with Gasteiger partial charge < -0.3 is 30.7 Å². The normalized spacial score (nSPS) is 28.7. The van der Waals surface area contributed by atoms with Crippen molar-refractivity contribution in [1.29, 1.82) is 0 Å². The van der Waals surface area contributed by atoms with Gasteiger partial charge in [0.05, 0.1) is 24.4 Å². The largest absolute Gasteiger partial charge is 0.388 e. The number of hydrogen-bond donors (Lipinski definition) is 4. The van der Waals surface area contributed by atoms with Gasteiger partial charge in [-0.1, -0.05) is 50.2 Å². The summed E-state index contributed by atoms with van der Waals surface area (Å²) >= 11 is 0. The van der Waals surface area contributed by atoms with Crippen LogP contribution in [0, 0.1) is 5.92 Å². The summed E-state index contributed by atoms with van der Waals surface area (Å²) in [6.45, 7) is 5.03. The first kappa shape index (κ1) is 33.5. The van der Waals surface area contributed by atoms with Crippen molar-refractivity contribution in [1.82, 2.24) is 30.7 Å². The molecule has 2 bridgehead atoms. The molecule has 0 radical (unpaired) electrons. The molecule has 46 heavy (non-hydrogen) atoms. The van der Waals surface area contributed by atoms with Gasteiger partial charge in [-0.2, -0.15) is 0 Å². The molecule has 248 valence electrons. The summed E-state index contributed by atoms with van der Waals surface area (Å²) in [7, 11) is 0. The second-order valence-corrected chi connectivity index (χ2v) is 13.0. The number of ether oxygens (including phenoxy) is 1. The van der Waals surface area contributed by atoms with Crippen molar-refractivity contribution < 1.29 is 29.0 Å². The van der Waals surface area contributed by atoms with Gasteiger partial charge in [0.15, 0.2) is 0 Å². The Labute approximate surface area is 270 Å². The number of nitrogens with zero attached hydrogens (tertiary/aromatic N) is 3. The average molecular weight is 635 g/mol. The lowest BCUT2D eigenvalue weighted by Gasteiger charge is -2.38. The number of pyridine rings is 1. The molecule has 1 aromatic carbocycles. The number of aliphatic hydroxyl groups excluding tert-OH is 1. The highest BCUT2D eigenvalue weighted by Gasteiger charge is 2.41. The number of aliphatic hydroxyl groups is 1. The number of benzene rings is 1. The van der Waals surface area contributed by atoms with Crippen LogP contribution < -0.4 is 16.0 Å². The van der Waals surface area contributed by atoms with Crippen molar-refractivity contribution in [3.8, 4) is 0 Å². The fourth-order valence-corrected chi connectivity index (χ4v) is 6.60. The number of hydrogen-bond acceptors (Lipinski definition) is 8. The van der Waals surface area contributed by atoms with E-state index < -0.39 is 42.3 Å². The molecular weight excluding hydrogens is 588 g/mol. The first-order valence-electron chi connectivity index (χ1n) is 16.3. The smallest absolute Gasteiger partial charge is 0.246 e. The molecule has 6 atom stereocenters. The topological polar surface area (TPSA) is 153 Å². The minimum atomic E-state index is -1.05. The van der Waals surface area contributed by atoms with E-state index in [1.165, 1.54) is 0 Å². The lowest BCUT2D eigenvalue weighted by molar-refractivity contribution is -0.142. The second kappa shape index (κ2) is 15.6. The van der Waals surface area contributed by atoms with Crippen molar-refractivity contribution >= 4 is 23.6 Å². The predicted octanol–water partition coefficient (Wildman–Crippen LogP) is 0.781. The highest BCUT2D eigenvalue weighted by molar-refractivity contribution is 5.95. The standard InChI is InChI=1S/C34H46N6O6/c1-22(2)17-26-32(43)37-25-13-16-46-29(31(25)42)20-39(19-24-11-6-7-14-35-24)21-30(41)36-27(18-23-9-4-3-5-10-23)34(45)40-15-8-12-28(40)33(44)38-26/h3-7,9-11,14,22,25-29,31,42H,8,12-13,15-21H2,1-2H3,(H,36,41)(H,37,43)(H,38,44)/t25-,26+,27-,28+,29+,31-/m0/s1. The molecule has 5 rings (SSSR count). The second-order valence-electron chi connectivity index (χ2n) is 13.0. The lowest BCUT2D eigenvalue weighted by Crippen LogP contribution is -2.60. The molecule has 3 aliphatic heterocycles. The fraction of sp³-hybridized carbons (Fsp3) is 0.559. The summed E-state index contributed by atoms with van der Waals surface area (Å²) in [5, 5.41) is 20.2. The van der Waals surface area contributed by atoms with Crippen LogP contribution in [0.3, 0.4) is 0 Å². The van der Waals surface area contributed by atoms with Crippen LogP contribution in [0.5, 0.6) is 0 Å². The van der Waals surface area contributed by atoms with E-state index in [1.807, 2.05) is 67.3 Å². The van der Waals surface area contributed by atoms with E-state index >= 15 is 0 Å². The summed E-state index contributed by atoms with van der Waals surface area (Å²) in [4.78, 5) is 62.9. The number of rotatable bonds is 6. The molecule has 4 heterocycles. The molecule has 2 aromatic rings. The molecule has 4 N–H and O–H groups in total. The third-order valence-corrected chi connectivity index (χ3v) is 8.89. The fourth-order valence-electron chi connectivity index (χ4n) is 6.60. The molecule has 3 fully saturated rings. The summed E-state index contributed by atoms with van der Waals surface area (Å²) in [5.41, 5.74) is 1.60.